The number of Topliss-reactive ketones (excluding diaryl/α,β-unsaturated/α-hetero) is 1. The third kappa shape index (κ3) is 6.04. The maximum Gasteiger partial charge on any atom is 0.422 e. The quantitative estimate of drug-likeness (QED) is 0.746. The number of carbonyl (C=O) groups is 2. The Bertz CT molecular complexity index is 849. The first-order valence-electron chi connectivity index (χ1n) is 8.70. The van der Waals surface area contributed by atoms with Crippen molar-refractivity contribution >= 4 is 11.7 Å². The number of rotatable bonds is 8. The van der Waals surface area contributed by atoms with Gasteiger partial charge in [-0.25, -0.2) is 4.98 Å². The van der Waals surface area contributed by atoms with E-state index >= 15 is 0 Å². The number of amides is 1. The molecule has 1 amide bonds. The monoisotopic (exact) mass is 393 g/mol. The largest absolute Gasteiger partial charge is 0.468 e. The Kier molecular flexibility index (Phi) is 5.91. The molecule has 2 heterocycles. The molecule has 0 atom stereocenters. The Hall–Kier alpha value is -2.97. The van der Waals surface area contributed by atoms with E-state index < -0.39 is 18.7 Å². The SMILES string of the molecule is O=C(NCc1ccnc(CC(=O)C2CC2)c1)c1ccc(OCC(F)(F)F)nc1. The van der Waals surface area contributed by atoms with Crippen molar-refractivity contribution in [2.45, 2.75) is 32.0 Å². The number of hydrogen-bond acceptors (Lipinski definition) is 5. The summed E-state index contributed by atoms with van der Waals surface area (Å²) in [6.45, 7) is -1.22. The smallest absolute Gasteiger partial charge is 0.422 e. The summed E-state index contributed by atoms with van der Waals surface area (Å²) in [5.74, 6) is -0.288. The minimum atomic E-state index is -4.45. The summed E-state index contributed by atoms with van der Waals surface area (Å²) in [5.41, 5.74) is 1.65. The molecule has 0 unspecified atom stereocenters. The third-order valence-corrected chi connectivity index (χ3v) is 4.10. The average molecular weight is 393 g/mol. The van der Waals surface area contributed by atoms with Crippen molar-refractivity contribution in [3.8, 4) is 5.88 Å². The lowest BCUT2D eigenvalue weighted by Crippen LogP contribution is -2.23. The normalized spacial score (nSPS) is 13.8. The highest BCUT2D eigenvalue weighted by atomic mass is 19.4. The Labute approximate surface area is 159 Å². The summed E-state index contributed by atoms with van der Waals surface area (Å²) in [5, 5.41) is 2.69. The van der Waals surface area contributed by atoms with Crippen LogP contribution in [0.2, 0.25) is 0 Å². The van der Waals surface area contributed by atoms with Gasteiger partial charge >= 0.3 is 6.18 Å². The first kappa shape index (κ1) is 19.8. The molecule has 3 rings (SSSR count). The van der Waals surface area contributed by atoms with E-state index in [2.05, 4.69) is 20.0 Å². The summed E-state index contributed by atoms with van der Waals surface area (Å²) < 4.78 is 40.8. The molecule has 0 saturated heterocycles. The minimum Gasteiger partial charge on any atom is -0.468 e. The van der Waals surface area contributed by atoms with Crippen LogP contribution in [0.5, 0.6) is 5.88 Å². The number of pyridine rings is 2. The molecule has 2 aromatic rings. The molecule has 9 heteroatoms. The molecule has 0 aliphatic heterocycles. The van der Waals surface area contributed by atoms with E-state index in [1.807, 2.05) is 0 Å². The van der Waals surface area contributed by atoms with Crippen LogP contribution in [0.15, 0.2) is 36.7 Å². The van der Waals surface area contributed by atoms with Gasteiger partial charge in [-0.3, -0.25) is 14.6 Å². The van der Waals surface area contributed by atoms with Crippen molar-refractivity contribution in [3.63, 3.8) is 0 Å². The van der Waals surface area contributed by atoms with Gasteiger partial charge in [-0.05, 0) is 36.6 Å². The molecule has 0 spiro atoms. The minimum absolute atomic E-state index is 0.167. The molecule has 1 fully saturated rings. The zero-order valence-electron chi connectivity index (χ0n) is 14.8. The van der Waals surface area contributed by atoms with Gasteiger partial charge in [0, 0.05) is 43.0 Å². The standard InChI is InChI=1S/C19H18F3N3O3/c20-19(21,22)11-28-17-4-3-14(10-24-17)18(27)25-9-12-5-6-23-15(7-12)8-16(26)13-1-2-13/h3-7,10,13H,1-2,8-9,11H2,(H,25,27). The summed E-state index contributed by atoms with van der Waals surface area (Å²) in [6.07, 6.45) is 0.462. The number of carbonyl (C=O) groups excluding carboxylic acids is 2. The van der Waals surface area contributed by atoms with E-state index in [9.17, 15) is 22.8 Å². The summed E-state index contributed by atoms with van der Waals surface area (Å²) in [7, 11) is 0. The highest BCUT2D eigenvalue weighted by Gasteiger charge is 2.29. The number of halogens is 3. The van der Waals surface area contributed by atoms with E-state index in [4.69, 9.17) is 0 Å². The maximum absolute atomic E-state index is 12.2. The number of ketones is 1. The van der Waals surface area contributed by atoms with Gasteiger partial charge < -0.3 is 10.1 Å². The fraction of sp³-hybridized carbons (Fsp3) is 0.368. The number of nitrogens with zero attached hydrogens (tertiary/aromatic N) is 2. The predicted octanol–water partition coefficient (Wildman–Crippen LogP) is 2.87. The van der Waals surface area contributed by atoms with Gasteiger partial charge in [-0.15, -0.1) is 0 Å². The van der Waals surface area contributed by atoms with Gasteiger partial charge in [0.15, 0.2) is 6.61 Å². The Morgan fingerprint density at radius 2 is 1.96 bits per heavy atom. The first-order chi connectivity index (χ1) is 13.3. The van der Waals surface area contributed by atoms with Crippen molar-refractivity contribution < 1.29 is 27.5 Å². The number of aromatic nitrogens is 2. The Balaban J connectivity index is 1.51. The number of ether oxygens (including phenoxy) is 1. The van der Waals surface area contributed by atoms with Crippen LogP contribution in [-0.4, -0.2) is 34.4 Å². The van der Waals surface area contributed by atoms with Gasteiger partial charge in [0.05, 0.1) is 5.56 Å². The molecule has 0 aromatic carbocycles. The first-order valence-corrected chi connectivity index (χ1v) is 8.70. The second kappa shape index (κ2) is 8.37. The van der Waals surface area contributed by atoms with Crippen LogP contribution in [0, 0.1) is 5.92 Å². The van der Waals surface area contributed by atoms with Crippen molar-refractivity contribution in [3.05, 3.63) is 53.5 Å². The fourth-order valence-electron chi connectivity index (χ4n) is 2.50. The van der Waals surface area contributed by atoms with Crippen molar-refractivity contribution in [2.75, 3.05) is 6.61 Å². The van der Waals surface area contributed by atoms with Crippen molar-refractivity contribution in [2.24, 2.45) is 5.92 Å². The Morgan fingerprint density at radius 1 is 1.18 bits per heavy atom. The van der Waals surface area contributed by atoms with Gasteiger partial charge in [0.2, 0.25) is 5.88 Å². The molecule has 28 heavy (non-hydrogen) atoms. The molecule has 1 N–H and O–H groups in total. The lowest BCUT2D eigenvalue weighted by Gasteiger charge is -2.09. The molecular weight excluding hydrogens is 375 g/mol. The third-order valence-electron chi connectivity index (χ3n) is 4.10. The van der Waals surface area contributed by atoms with E-state index in [1.165, 1.54) is 12.1 Å². The van der Waals surface area contributed by atoms with Gasteiger partial charge in [-0.2, -0.15) is 13.2 Å². The summed E-state index contributed by atoms with van der Waals surface area (Å²) in [4.78, 5) is 31.9. The van der Waals surface area contributed by atoms with Crippen molar-refractivity contribution in [1.29, 1.82) is 0 Å². The second-order valence-corrected chi connectivity index (χ2v) is 6.54. The topological polar surface area (TPSA) is 81.2 Å². The lowest BCUT2D eigenvalue weighted by molar-refractivity contribution is -0.154. The average Bonchev–Trinajstić information content (AvgIpc) is 3.50. The number of nitrogens with one attached hydrogen (secondary N) is 1. The van der Waals surface area contributed by atoms with Crippen LogP contribution in [0.3, 0.4) is 0 Å². The zero-order valence-corrected chi connectivity index (χ0v) is 14.8. The molecule has 1 aliphatic rings. The Morgan fingerprint density at radius 3 is 2.61 bits per heavy atom. The molecule has 0 bridgehead atoms. The van der Waals surface area contributed by atoms with Crippen LogP contribution in [0.1, 0.15) is 34.5 Å². The van der Waals surface area contributed by atoms with Crippen molar-refractivity contribution in [1.82, 2.24) is 15.3 Å². The summed E-state index contributed by atoms with van der Waals surface area (Å²) >= 11 is 0. The van der Waals surface area contributed by atoms with E-state index in [1.54, 1.807) is 18.3 Å². The fourth-order valence-corrected chi connectivity index (χ4v) is 2.50. The van der Waals surface area contributed by atoms with Gasteiger partial charge in [0.1, 0.15) is 5.78 Å². The number of alkyl halides is 3. The molecule has 1 aliphatic carbocycles. The molecule has 2 aromatic heterocycles. The molecular formula is C19H18F3N3O3. The highest BCUT2D eigenvalue weighted by Crippen LogP contribution is 2.30. The van der Waals surface area contributed by atoms with Crippen LogP contribution in [-0.2, 0) is 17.8 Å². The molecule has 6 nitrogen and oxygen atoms in total. The zero-order chi connectivity index (χ0) is 20.1. The van der Waals surface area contributed by atoms with Crippen LogP contribution in [0.4, 0.5) is 13.2 Å². The second-order valence-electron chi connectivity index (χ2n) is 6.54. The molecule has 148 valence electrons. The van der Waals surface area contributed by atoms with Crippen LogP contribution >= 0.6 is 0 Å². The van der Waals surface area contributed by atoms with E-state index in [-0.39, 0.29) is 36.1 Å². The van der Waals surface area contributed by atoms with Crippen LogP contribution in [0.25, 0.3) is 0 Å². The highest BCUT2D eigenvalue weighted by molar-refractivity contribution is 5.93. The van der Waals surface area contributed by atoms with Crippen LogP contribution < -0.4 is 10.1 Å². The lowest BCUT2D eigenvalue weighted by atomic mass is 10.1. The number of hydrogen-bond donors (Lipinski definition) is 1. The predicted molar refractivity (Wildman–Crippen MR) is 92.6 cm³/mol. The molecule has 0 radical (unpaired) electrons. The molecule has 1 saturated carbocycles. The van der Waals surface area contributed by atoms with E-state index in [0.717, 1.165) is 24.6 Å². The van der Waals surface area contributed by atoms with Gasteiger partial charge in [-0.1, -0.05) is 0 Å². The van der Waals surface area contributed by atoms with Gasteiger partial charge in [0.25, 0.3) is 5.91 Å². The summed E-state index contributed by atoms with van der Waals surface area (Å²) in [6, 6.07) is 6.04. The maximum atomic E-state index is 12.2. The van der Waals surface area contributed by atoms with E-state index in [0.29, 0.717) is 5.69 Å².